The fourth-order valence-corrected chi connectivity index (χ4v) is 2.04. The topological polar surface area (TPSA) is 55.3 Å². The molecular weight excluding hydrogens is 254 g/mol. The van der Waals surface area contributed by atoms with Crippen molar-refractivity contribution in [1.29, 1.82) is 0 Å². The molecule has 0 unspecified atom stereocenters. The summed E-state index contributed by atoms with van der Waals surface area (Å²) in [5, 5.41) is 12.1. The summed E-state index contributed by atoms with van der Waals surface area (Å²) in [6.45, 7) is 2.97. The Hall–Kier alpha value is -1.52. The Bertz CT molecular complexity index is 455. The highest BCUT2D eigenvalue weighted by atomic mass is 16.5. The van der Waals surface area contributed by atoms with Crippen molar-refractivity contribution in [2.24, 2.45) is 0 Å². The quantitative estimate of drug-likeness (QED) is 0.751. The zero-order valence-corrected chi connectivity index (χ0v) is 12.2. The SMILES string of the molecule is C/C=C/c1ccc(OC[C@@H](O)C[NH2+]C2CC2)c(OC)c1. The molecule has 0 saturated heterocycles. The van der Waals surface area contributed by atoms with E-state index in [1.807, 2.05) is 37.3 Å². The summed E-state index contributed by atoms with van der Waals surface area (Å²) in [4.78, 5) is 0. The van der Waals surface area contributed by atoms with Gasteiger partial charge in [0, 0.05) is 12.8 Å². The first-order valence-corrected chi connectivity index (χ1v) is 7.18. The van der Waals surface area contributed by atoms with Crippen molar-refractivity contribution in [2.75, 3.05) is 20.3 Å². The molecule has 1 aromatic carbocycles. The maximum atomic E-state index is 9.88. The van der Waals surface area contributed by atoms with Gasteiger partial charge in [0.15, 0.2) is 11.5 Å². The van der Waals surface area contributed by atoms with Gasteiger partial charge in [0.25, 0.3) is 0 Å². The van der Waals surface area contributed by atoms with Gasteiger partial charge in [-0.25, -0.2) is 0 Å². The van der Waals surface area contributed by atoms with Crippen LogP contribution >= 0.6 is 0 Å². The van der Waals surface area contributed by atoms with Crippen LogP contribution in [0.2, 0.25) is 0 Å². The van der Waals surface area contributed by atoms with E-state index in [4.69, 9.17) is 9.47 Å². The summed E-state index contributed by atoms with van der Waals surface area (Å²) in [6.07, 6.45) is 6.08. The van der Waals surface area contributed by atoms with E-state index in [0.29, 0.717) is 24.7 Å². The summed E-state index contributed by atoms with van der Waals surface area (Å²) in [5.74, 6) is 1.37. The predicted molar refractivity (Wildman–Crippen MR) is 79.0 cm³/mol. The summed E-state index contributed by atoms with van der Waals surface area (Å²) in [5.41, 5.74) is 1.07. The van der Waals surface area contributed by atoms with Gasteiger partial charge < -0.3 is 19.9 Å². The molecular formula is C16H24NO3+. The predicted octanol–water partition coefficient (Wildman–Crippen LogP) is 1.19. The molecule has 110 valence electrons. The number of hydrogen-bond acceptors (Lipinski definition) is 3. The zero-order valence-electron chi connectivity index (χ0n) is 12.2. The number of benzene rings is 1. The minimum Gasteiger partial charge on any atom is -0.493 e. The van der Waals surface area contributed by atoms with Crippen LogP contribution in [-0.2, 0) is 0 Å². The highest BCUT2D eigenvalue weighted by Crippen LogP contribution is 2.28. The van der Waals surface area contributed by atoms with Crippen LogP contribution in [-0.4, -0.2) is 37.5 Å². The molecule has 2 rings (SSSR count). The summed E-state index contributed by atoms with van der Waals surface area (Å²) in [7, 11) is 1.62. The molecule has 0 radical (unpaired) electrons. The number of aliphatic hydroxyl groups is 1. The van der Waals surface area contributed by atoms with Gasteiger partial charge in [0.2, 0.25) is 0 Å². The molecule has 4 heteroatoms. The fourth-order valence-electron chi connectivity index (χ4n) is 2.04. The second kappa shape index (κ2) is 7.31. The maximum absolute atomic E-state index is 9.88. The molecule has 20 heavy (non-hydrogen) atoms. The maximum Gasteiger partial charge on any atom is 0.161 e. The Balaban J connectivity index is 1.87. The first-order valence-electron chi connectivity index (χ1n) is 7.18. The van der Waals surface area contributed by atoms with E-state index < -0.39 is 6.10 Å². The lowest BCUT2D eigenvalue weighted by Gasteiger charge is -2.14. The molecule has 1 saturated carbocycles. The van der Waals surface area contributed by atoms with Gasteiger partial charge in [-0.15, -0.1) is 0 Å². The zero-order chi connectivity index (χ0) is 14.4. The highest BCUT2D eigenvalue weighted by molar-refractivity contribution is 5.55. The number of methoxy groups -OCH3 is 1. The molecule has 0 amide bonds. The highest BCUT2D eigenvalue weighted by Gasteiger charge is 2.26. The Morgan fingerprint density at radius 2 is 2.20 bits per heavy atom. The van der Waals surface area contributed by atoms with E-state index in [1.54, 1.807) is 7.11 Å². The smallest absolute Gasteiger partial charge is 0.161 e. The molecule has 1 aromatic rings. The van der Waals surface area contributed by atoms with Gasteiger partial charge in [-0.05, 0) is 24.6 Å². The molecule has 0 spiro atoms. The van der Waals surface area contributed by atoms with E-state index in [9.17, 15) is 5.11 Å². The van der Waals surface area contributed by atoms with Crippen molar-refractivity contribution >= 4 is 6.08 Å². The van der Waals surface area contributed by atoms with Crippen LogP contribution in [0.1, 0.15) is 25.3 Å². The first-order chi connectivity index (χ1) is 9.72. The van der Waals surface area contributed by atoms with Crippen molar-refractivity contribution < 1.29 is 19.9 Å². The van der Waals surface area contributed by atoms with Crippen LogP contribution in [0.4, 0.5) is 0 Å². The Kier molecular flexibility index (Phi) is 5.44. The van der Waals surface area contributed by atoms with Gasteiger partial charge >= 0.3 is 0 Å². The third-order valence-corrected chi connectivity index (χ3v) is 3.34. The lowest BCUT2D eigenvalue weighted by molar-refractivity contribution is -0.674. The molecule has 1 aliphatic rings. The van der Waals surface area contributed by atoms with Gasteiger partial charge in [-0.2, -0.15) is 0 Å². The average molecular weight is 278 g/mol. The summed E-state index contributed by atoms with van der Waals surface area (Å²) in [6, 6.07) is 6.50. The molecule has 1 atom stereocenters. The van der Waals surface area contributed by atoms with Crippen LogP contribution in [0.3, 0.4) is 0 Å². The van der Waals surface area contributed by atoms with Crippen molar-refractivity contribution in [3.8, 4) is 11.5 Å². The normalized spacial score (nSPS) is 16.4. The van der Waals surface area contributed by atoms with E-state index in [0.717, 1.165) is 11.6 Å². The van der Waals surface area contributed by atoms with Gasteiger partial charge in [-0.3, -0.25) is 0 Å². The molecule has 0 aromatic heterocycles. The number of ether oxygens (including phenoxy) is 2. The first kappa shape index (κ1) is 14.9. The number of nitrogens with two attached hydrogens (primary N) is 1. The lowest BCUT2D eigenvalue weighted by atomic mass is 10.2. The Morgan fingerprint density at radius 1 is 1.40 bits per heavy atom. The largest absolute Gasteiger partial charge is 0.493 e. The molecule has 0 bridgehead atoms. The molecule has 0 heterocycles. The van der Waals surface area contributed by atoms with Crippen molar-refractivity contribution in [3.05, 3.63) is 29.8 Å². The summed E-state index contributed by atoms with van der Waals surface area (Å²) >= 11 is 0. The number of quaternary nitrogens is 1. The Labute approximate surface area is 120 Å². The van der Waals surface area contributed by atoms with Crippen LogP contribution in [0.5, 0.6) is 11.5 Å². The molecule has 1 aliphatic carbocycles. The van der Waals surface area contributed by atoms with Crippen LogP contribution in [0.25, 0.3) is 6.08 Å². The van der Waals surface area contributed by atoms with Gasteiger partial charge in [0.1, 0.15) is 19.3 Å². The number of allylic oxidation sites excluding steroid dienone is 1. The summed E-state index contributed by atoms with van der Waals surface area (Å²) < 4.78 is 11.0. The molecule has 3 N–H and O–H groups in total. The molecule has 4 nitrogen and oxygen atoms in total. The lowest BCUT2D eigenvalue weighted by Crippen LogP contribution is -2.88. The minimum absolute atomic E-state index is 0.294. The van der Waals surface area contributed by atoms with Crippen molar-refractivity contribution in [1.82, 2.24) is 0 Å². The van der Waals surface area contributed by atoms with Crippen molar-refractivity contribution in [3.63, 3.8) is 0 Å². The number of rotatable bonds is 8. The Morgan fingerprint density at radius 3 is 2.85 bits per heavy atom. The van der Waals surface area contributed by atoms with Gasteiger partial charge in [-0.1, -0.05) is 18.2 Å². The average Bonchev–Trinajstić information content (AvgIpc) is 3.28. The monoisotopic (exact) mass is 278 g/mol. The van der Waals surface area contributed by atoms with E-state index in [1.165, 1.54) is 12.8 Å². The van der Waals surface area contributed by atoms with E-state index in [-0.39, 0.29) is 0 Å². The van der Waals surface area contributed by atoms with E-state index >= 15 is 0 Å². The third-order valence-electron chi connectivity index (χ3n) is 3.34. The standard InChI is InChI=1S/C16H23NO3/c1-3-4-12-5-8-15(16(9-12)19-2)20-11-14(18)10-17-13-6-7-13/h3-5,8-9,13-14,17-18H,6-7,10-11H2,1-2H3/p+1/b4-3+/t14-/m0/s1. The molecule has 0 aliphatic heterocycles. The fraction of sp³-hybridized carbons (Fsp3) is 0.500. The number of hydrogen-bond donors (Lipinski definition) is 2. The molecule has 1 fully saturated rings. The van der Waals surface area contributed by atoms with Gasteiger partial charge in [0.05, 0.1) is 13.2 Å². The van der Waals surface area contributed by atoms with Crippen LogP contribution < -0.4 is 14.8 Å². The second-order valence-electron chi connectivity index (χ2n) is 5.18. The minimum atomic E-state index is -0.449. The van der Waals surface area contributed by atoms with E-state index in [2.05, 4.69) is 5.32 Å². The van der Waals surface area contributed by atoms with Crippen LogP contribution in [0.15, 0.2) is 24.3 Å². The van der Waals surface area contributed by atoms with Crippen molar-refractivity contribution in [2.45, 2.75) is 31.9 Å². The number of aliphatic hydroxyl groups excluding tert-OH is 1. The second-order valence-corrected chi connectivity index (χ2v) is 5.18. The van der Waals surface area contributed by atoms with Crippen LogP contribution in [0, 0.1) is 0 Å². The third kappa shape index (κ3) is 4.54.